The third-order valence-electron chi connectivity index (χ3n) is 3.19. The molecule has 0 saturated heterocycles. The Morgan fingerprint density at radius 2 is 2.31 bits per heavy atom. The van der Waals surface area contributed by atoms with Crippen molar-refractivity contribution < 1.29 is 0 Å². The van der Waals surface area contributed by atoms with Crippen LogP contribution in [0.5, 0.6) is 0 Å². The molecule has 1 aliphatic carbocycles. The maximum atomic E-state index is 5.91. The fourth-order valence-corrected chi connectivity index (χ4v) is 2.68. The maximum absolute atomic E-state index is 5.91. The third kappa shape index (κ3) is 2.67. The van der Waals surface area contributed by atoms with E-state index in [0.29, 0.717) is 17.1 Å². The fourth-order valence-electron chi connectivity index (χ4n) is 2.33. The quantitative estimate of drug-likeness (QED) is 0.875. The lowest BCUT2D eigenvalue weighted by Crippen LogP contribution is -2.19. The molecule has 3 nitrogen and oxygen atoms in total. The van der Waals surface area contributed by atoms with Crippen molar-refractivity contribution >= 4 is 27.4 Å². The van der Waals surface area contributed by atoms with Crippen LogP contribution in [-0.2, 0) is 0 Å². The number of nitrogen functional groups attached to an aromatic ring is 1. The number of hydrogen-bond donors (Lipinski definition) is 2. The van der Waals surface area contributed by atoms with Crippen molar-refractivity contribution in [1.82, 2.24) is 4.98 Å². The second-order valence-electron chi connectivity index (χ2n) is 5.34. The molecule has 4 heteroatoms. The van der Waals surface area contributed by atoms with Gasteiger partial charge >= 0.3 is 0 Å². The standard InChI is InChI=1S/C12H18BrN3/c1-12(2)4-3-9(6-12)16-11-10(14)5-8(13)7-15-11/h5,7,9H,3-4,6,14H2,1-2H3,(H,15,16). The molecule has 0 radical (unpaired) electrons. The van der Waals surface area contributed by atoms with Gasteiger partial charge in [-0.3, -0.25) is 0 Å². The zero-order valence-corrected chi connectivity index (χ0v) is 11.3. The van der Waals surface area contributed by atoms with Crippen LogP contribution in [0.4, 0.5) is 11.5 Å². The van der Waals surface area contributed by atoms with Gasteiger partial charge in [0.1, 0.15) is 5.82 Å². The minimum absolute atomic E-state index is 0.446. The monoisotopic (exact) mass is 283 g/mol. The first-order chi connectivity index (χ1) is 7.46. The number of pyridine rings is 1. The molecular weight excluding hydrogens is 266 g/mol. The number of hydrogen-bond acceptors (Lipinski definition) is 3. The summed E-state index contributed by atoms with van der Waals surface area (Å²) in [6.07, 6.45) is 5.42. The van der Waals surface area contributed by atoms with Gasteiger partial charge in [-0.05, 0) is 46.7 Å². The second-order valence-corrected chi connectivity index (χ2v) is 6.26. The van der Waals surface area contributed by atoms with Gasteiger partial charge in [0, 0.05) is 16.7 Å². The van der Waals surface area contributed by atoms with E-state index in [4.69, 9.17) is 5.73 Å². The highest BCUT2D eigenvalue weighted by molar-refractivity contribution is 9.10. The van der Waals surface area contributed by atoms with Gasteiger partial charge < -0.3 is 11.1 Å². The number of aromatic nitrogens is 1. The van der Waals surface area contributed by atoms with Crippen LogP contribution in [0.2, 0.25) is 0 Å². The number of rotatable bonds is 2. The van der Waals surface area contributed by atoms with Gasteiger partial charge in [-0.2, -0.15) is 0 Å². The van der Waals surface area contributed by atoms with Crippen molar-refractivity contribution in [3.63, 3.8) is 0 Å². The Hall–Kier alpha value is -0.770. The molecule has 0 spiro atoms. The van der Waals surface area contributed by atoms with Crippen molar-refractivity contribution in [2.75, 3.05) is 11.1 Å². The molecule has 16 heavy (non-hydrogen) atoms. The summed E-state index contributed by atoms with van der Waals surface area (Å²) in [5.74, 6) is 0.811. The van der Waals surface area contributed by atoms with E-state index in [-0.39, 0.29) is 0 Å². The van der Waals surface area contributed by atoms with Gasteiger partial charge in [-0.15, -0.1) is 0 Å². The normalized spacial score (nSPS) is 23.3. The summed E-state index contributed by atoms with van der Waals surface area (Å²) in [6, 6.07) is 2.39. The van der Waals surface area contributed by atoms with E-state index >= 15 is 0 Å². The number of anilines is 2. The molecule has 1 aromatic rings. The summed E-state index contributed by atoms with van der Waals surface area (Å²) in [6.45, 7) is 4.63. The Kier molecular flexibility index (Phi) is 3.10. The molecule has 3 N–H and O–H groups in total. The summed E-state index contributed by atoms with van der Waals surface area (Å²) in [4.78, 5) is 4.31. The van der Waals surface area contributed by atoms with E-state index in [2.05, 4.69) is 40.1 Å². The first kappa shape index (κ1) is 11.7. The number of nitrogens with zero attached hydrogens (tertiary/aromatic N) is 1. The molecule has 88 valence electrons. The van der Waals surface area contributed by atoms with E-state index < -0.39 is 0 Å². The van der Waals surface area contributed by atoms with E-state index in [9.17, 15) is 0 Å². The molecule has 1 fully saturated rings. The van der Waals surface area contributed by atoms with Crippen LogP contribution in [0.1, 0.15) is 33.1 Å². The molecule has 0 bridgehead atoms. The van der Waals surface area contributed by atoms with Crippen molar-refractivity contribution in [3.8, 4) is 0 Å². The summed E-state index contributed by atoms with van der Waals surface area (Å²) in [7, 11) is 0. The zero-order chi connectivity index (χ0) is 11.8. The third-order valence-corrected chi connectivity index (χ3v) is 3.63. The molecule has 0 amide bonds. The van der Waals surface area contributed by atoms with Gasteiger partial charge in [0.2, 0.25) is 0 Å². The molecule has 1 saturated carbocycles. The van der Waals surface area contributed by atoms with Gasteiger partial charge in [-0.25, -0.2) is 4.98 Å². The Balaban J connectivity index is 2.05. The Bertz CT molecular complexity index is 390. The van der Waals surface area contributed by atoms with E-state index in [1.54, 1.807) is 6.20 Å². The Morgan fingerprint density at radius 3 is 2.88 bits per heavy atom. The minimum Gasteiger partial charge on any atom is -0.396 e. The maximum Gasteiger partial charge on any atom is 0.149 e. The van der Waals surface area contributed by atoms with Crippen molar-refractivity contribution in [1.29, 1.82) is 0 Å². The summed E-state index contributed by atoms with van der Waals surface area (Å²) in [5, 5.41) is 3.44. The van der Waals surface area contributed by atoms with Gasteiger partial charge in [0.05, 0.1) is 5.69 Å². The largest absolute Gasteiger partial charge is 0.396 e. The van der Waals surface area contributed by atoms with Crippen LogP contribution in [0, 0.1) is 5.41 Å². The summed E-state index contributed by atoms with van der Waals surface area (Å²) in [5.41, 5.74) is 7.07. The first-order valence-corrected chi connectivity index (χ1v) is 6.43. The van der Waals surface area contributed by atoms with Crippen molar-refractivity contribution in [2.45, 2.75) is 39.2 Å². The zero-order valence-electron chi connectivity index (χ0n) is 9.76. The highest BCUT2D eigenvalue weighted by Crippen LogP contribution is 2.38. The van der Waals surface area contributed by atoms with E-state index in [1.165, 1.54) is 19.3 Å². The topological polar surface area (TPSA) is 50.9 Å². The average Bonchev–Trinajstić information content (AvgIpc) is 2.51. The molecule has 2 rings (SSSR count). The molecular formula is C12H18BrN3. The van der Waals surface area contributed by atoms with Crippen molar-refractivity contribution in [3.05, 3.63) is 16.7 Å². The lowest BCUT2D eigenvalue weighted by Gasteiger charge is -2.18. The molecule has 0 aromatic carbocycles. The molecule has 1 aliphatic rings. The van der Waals surface area contributed by atoms with E-state index in [1.807, 2.05) is 6.07 Å². The molecule has 1 unspecified atom stereocenters. The summed E-state index contributed by atoms with van der Waals surface area (Å²) >= 11 is 3.36. The second kappa shape index (κ2) is 4.24. The highest BCUT2D eigenvalue weighted by atomic mass is 79.9. The molecule has 0 aliphatic heterocycles. The Morgan fingerprint density at radius 1 is 1.56 bits per heavy atom. The smallest absolute Gasteiger partial charge is 0.149 e. The highest BCUT2D eigenvalue weighted by Gasteiger charge is 2.31. The molecule has 1 aromatic heterocycles. The van der Waals surface area contributed by atoms with Gasteiger partial charge in [0.25, 0.3) is 0 Å². The van der Waals surface area contributed by atoms with Gasteiger partial charge in [0.15, 0.2) is 0 Å². The van der Waals surface area contributed by atoms with E-state index in [0.717, 1.165) is 10.3 Å². The number of nitrogens with two attached hydrogens (primary N) is 1. The Labute approximate surface area is 105 Å². The van der Waals surface area contributed by atoms with Crippen LogP contribution in [0.25, 0.3) is 0 Å². The first-order valence-electron chi connectivity index (χ1n) is 5.64. The van der Waals surface area contributed by atoms with Crippen LogP contribution >= 0.6 is 15.9 Å². The molecule has 1 heterocycles. The predicted octanol–water partition coefficient (Wildman–Crippen LogP) is 3.42. The number of nitrogens with one attached hydrogen (secondary N) is 1. The SMILES string of the molecule is CC1(C)CCC(Nc2ncc(Br)cc2N)C1. The van der Waals surface area contributed by atoms with Crippen LogP contribution in [0.3, 0.4) is 0 Å². The van der Waals surface area contributed by atoms with Crippen molar-refractivity contribution in [2.24, 2.45) is 5.41 Å². The predicted molar refractivity (Wildman–Crippen MR) is 71.4 cm³/mol. The summed E-state index contributed by atoms with van der Waals surface area (Å²) < 4.78 is 0.919. The minimum atomic E-state index is 0.446. The van der Waals surface area contributed by atoms with Crippen LogP contribution in [0.15, 0.2) is 16.7 Å². The average molecular weight is 284 g/mol. The lowest BCUT2D eigenvalue weighted by molar-refractivity contribution is 0.378. The number of halogens is 1. The van der Waals surface area contributed by atoms with Gasteiger partial charge in [-0.1, -0.05) is 13.8 Å². The fraction of sp³-hybridized carbons (Fsp3) is 0.583. The van der Waals surface area contributed by atoms with Crippen LogP contribution in [-0.4, -0.2) is 11.0 Å². The van der Waals surface area contributed by atoms with Crippen LogP contribution < -0.4 is 11.1 Å². The lowest BCUT2D eigenvalue weighted by atomic mass is 9.92. The molecule has 1 atom stereocenters.